The van der Waals surface area contributed by atoms with Gasteiger partial charge in [-0.05, 0) is 18.2 Å². The first-order valence-electron chi connectivity index (χ1n) is 6.81. The number of rotatable bonds is 5. The van der Waals surface area contributed by atoms with Crippen LogP contribution in [0.3, 0.4) is 0 Å². The second kappa shape index (κ2) is 6.85. The van der Waals surface area contributed by atoms with Crippen LogP contribution in [0.25, 0.3) is 0 Å². The van der Waals surface area contributed by atoms with Gasteiger partial charge in [-0.25, -0.2) is 0 Å². The number of nitrogens with zero attached hydrogens (tertiary/aromatic N) is 1. The highest BCUT2D eigenvalue weighted by atomic mass is 16.5. The molecule has 0 bridgehead atoms. The van der Waals surface area contributed by atoms with Gasteiger partial charge in [0.15, 0.2) is 0 Å². The highest BCUT2D eigenvalue weighted by Gasteiger charge is 2.18. The van der Waals surface area contributed by atoms with Gasteiger partial charge in [0.1, 0.15) is 17.2 Å². The van der Waals surface area contributed by atoms with E-state index in [4.69, 9.17) is 9.47 Å². The van der Waals surface area contributed by atoms with Crippen LogP contribution in [-0.4, -0.2) is 37.2 Å². The van der Waals surface area contributed by atoms with E-state index < -0.39 is 0 Å². The van der Waals surface area contributed by atoms with Crippen LogP contribution in [0, 0.1) is 0 Å². The zero-order valence-electron chi connectivity index (χ0n) is 12.9. The smallest absolute Gasteiger partial charge is 0.257 e. The van der Waals surface area contributed by atoms with E-state index in [1.165, 1.54) is 12.0 Å². The molecule has 0 aliphatic carbocycles. The molecule has 0 aliphatic rings. The van der Waals surface area contributed by atoms with Crippen molar-refractivity contribution in [1.29, 1.82) is 0 Å². The van der Waals surface area contributed by atoms with E-state index in [2.05, 4.69) is 0 Å². The van der Waals surface area contributed by atoms with E-state index in [1.54, 1.807) is 50.6 Å². The van der Waals surface area contributed by atoms with E-state index in [-0.39, 0.29) is 11.7 Å². The Kier molecular flexibility index (Phi) is 4.88. The number of phenols is 1. The summed E-state index contributed by atoms with van der Waals surface area (Å²) < 4.78 is 10.4. The first-order chi connectivity index (χ1) is 10.6. The van der Waals surface area contributed by atoms with Gasteiger partial charge in [-0.2, -0.15) is 0 Å². The number of carbonyl (C=O) groups excluding carboxylic acids is 1. The zero-order valence-corrected chi connectivity index (χ0v) is 12.9. The molecule has 22 heavy (non-hydrogen) atoms. The summed E-state index contributed by atoms with van der Waals surface area (Å²) in [6.45, 7) is 0.306. The molecule has 0 saturated carbocycles. The predicted octanol–water partition coefficient (Wildman–Crippen LogP) is 2.68. The molecular weight excluding hydrogens is 282 g/mol. The number of phenolic OH excluding ortho intramolecular Hbond substituents is 1. The molecule has 0 fully saturated rings. The van der Waals surface area contributed by atoms with Gasteiger partial charge in [-0.15, -0.1) is 0 Å². The number of hydrogen-bond donors (Lipinski definition) is 1. The Morgan fingerprint density at radius 2 is 1.86 bits per heavy atom. The van der Waals surface area contributed by atoms with Crippen molar-refractivity contribution in [2.75, 3.05) is 21.3 Å². The molecule has 2 rings (SSSR count). The predicted molar refractivity (Wildman–Crippen MR) is 83.5 cm³/mol. The standard InChI is InChI=1S/C17H19NO4/c1-18(11-12-6-4-5-7-15(12)19)17(20)14-9-8-13(21-2)10-16(14)22-3/h4-10,19H,11H2,1-3H3. The number of methoxy groups -OCH3 is 2. The number of ether oxygens (including phenoxy) is 2. The molecule has 0 saturated heterocycles. The fourth-order valence-electron chi connectivity index (χ4n) is 2.15. The van der Waals surface area contributed by atoms with Gasteiger partial charge >= 0.3 is 0 Å². The lowest BCUT2D eigenvalue weighted by molar-refractivity contribution is 0.0781. The largest absolute Gasteiger partial charge is 0.508 e. The minimum absolute atomic E-state index is 0.170. The Morgan fingerprint density at radius 1 is 1.14 bits per heavy atom. The summed E-state index contributed by atoms with van der Waals surface area (Å²) in [4.78, 5) is 14.1. The minimum Gasteiger partial charge on any atom is -0.508 e. The average molecular weight is 301 g/mol. The normalized spacial score (nSPS) is 10.1. The summed E-state index contributed by atoms with van der Waals surface area (Å²) in [5, 5.41) is 9.80. The third-order valence-corrected chi connectivity index (χ3v) is 3.38. The Balaban J connectivity index is 2.22. The van der Waals surface area contributed by atoms with Gasteiger partial charge in [-0.1, -0.05) is 18.2 Å². The topological polar surface area (TPSA) is 59.0 Å². The highest BCUT2D eigenvalue weighted by molar-refractivity contribution is 5.97. The maximum absolute atomic E-state index is 12.6. The third kappa shape index (κ3) is 3.31. The van der Waals surface area contributed by atoms with Crippen LogP contribution < -0.4 is 9.47 Å². The number of aromatic hydroxyl groups is 1. The van der Waals surface area contributed by atoms with Crippen LogP contribution in [0.4, 0.5) is 0 Å². The van der Waals surface area contributed by atoms with Crippen LogP contribution in [0.1, 0.15) is 15.9 Å². The van der Waals surface area contributed by atoms with Crippen molar-refractivity contribution in [2.45, 2.75) is 6.54 Å². The molecule has 0 atom stereocenters. The first-order valence-corrected chi connectivity index (χ1v) is 6.81. The molecule has 0 spiro atoms. The Hall–Kier alpha value is -2.69. The van der Waals surface area contributed by atoms with Crippen molar-refractivity contribution in [1.82, 2.24) is 4.90 Å². The maximum atomic E-state index is 12.6. The first kappa shape index (κ1) is 15.7. The summed E-state index contributed by atoms with van der Waals surface area (Å²) in [7, 11) is 4.74. The molecule has 0 unspecified atom stereocenters. The lowest BCUT2D eigenvalue weighted by Gasteiger charge is -2.19. The lowest BCUT2D eigenvalue weighted by atomic mass is 10.1. The van der Waals surface area contributed by atoms with Crippen molar-refractivity contribution in [3.05, 3.63) is 53.6 Å². The van der Waals surface area contributed by atoms with Gasteiger partial charge in [0.25, 0.3) is 5.91 Å². The molecule has 0 heterocycles. The SMILES string of the molecule is COc1ccc(C(=O)N(C)Cc2ccccc2O)c(OC)c1. The van der Waals surface area contributed by atoms with Crippen LogP contribution in [-0.2, 0) is 6.54 Å². The summed E-state index contributed by atoms with van der Waals surface area (Å²) in [6.07, 6.45) is 0. The molecule has 2 aromatic rings. The van der Waals surface area contributed by atoms with Crippen LogP contribution >= 0.6 is 0 Å². The number of carbonyl (C=O) groups is 1. The molecule has 0 radical (unpaired) electrons. The van der Waals surface area contributed by atoms with Crippen LogP contribution in [0.15, 0.2) is 42.5 Å². The van der Waals surface area contributed by atoms with Crippen LogP contribution in [0.2, 0.25) is 0 Å². The van der Waals surface area contributed by atoms with Crippen molar-refractivity contribution in [3.63, 3.8) is 0 Å². The molecule has 1 N–H and O–H groups in total. The van der Waals surface area contributed by atoms with Gasteiger partial charge in [0, 0.05) is 25.2 Å². The monoisotopic (exact) mass is 301 g/mol. The van der Waals surface area contributed by atoms with E-state index in [0.717, 1.165) is 0 Å². The van der Waals surface area contributed by atoms with Crippen molar-refractivity contribution in [2.24, 2.45) is 0 Å². The summed E-state index contributed by atoms with van der Waals surface area (Å²) in [6, 6.07) is 12.0. The van der Waals surface area contributed by atoms with Crippen molar-refractivity contribution in [3.8, 4) is 17.2 Å². The second-order valence-electron chi connectivity index (χ2n) is 4.86. The summed E-state index contributed by atoms with van der Waals surface area (Å²) in [5.74, 6) is 1.05. The zero-order chi connectivity index (χ0) is 16.1. The lowest BCUT2D eigenvalue weighted by Crippen LogP contribution is -2.26. The number of amides is 1. The fraction of sp³-hybridized carbons (Fsp3) is 0.235. The van der Waals surface area contributed by atoms with Gasteiger partial charge < -0.3 is 19.5 Å². The van der Waals surface area contributed by atoms with Gasteiger partial charge in [0.2, 0.25) is 0 Å². The molecular formula is C17H19NO4. The maximum Gasteiger partial charge on any atom is 0.257 e. The average Bonchev–Trinajstić information content (AvgIpc) is 2.55. The molecule has 1 amide bonds. The Morgan fingerprint density at radius 3 is 2.50 bits per heavy atom. The van der Waals surface area contributed by atoms with E-state index >= 15 is 0 Å². The molecule has 5 heteroatoms. The fourth-order valence-corrected chi connectivity index (χ4v) is 2.15. The molecule has 2 aromatic carbocycles. The van der Waals surface area contributed by atoms with E-state index in [1.807, 2.05) is 6.07 Å². The van der Waals surface area contributed by atoms with Gasteiger partial charge in [-0.3, -0.25) is 4.79 Å². The Bertz CT molecular complexity index is 669. The second-order valence-corrected chi connectivity index (χ2v) is 4.86. The van der Waals surface area contributed by atoms with Crippen molar-refractivity contribution < 1.29 is 19.4 Å². The summed E-state index contributed by atoms with van der Waals surface area (Å²) in [5.41, 5.74) is 1.13. The van der Waals surface area contributed by atoms with Crippen LogP contribution in [0.5, 0.6) is 17.2 Å². The van der Waals surface area contributed by atoms with E-state index in [9.17, 15) is 9.90 Å². The molecule has 5 nitrogen and oxygen atoms in total. The molecule has 0 aliphatic heterocycles. The Labute approximate surface area is 129 Å². The molecule has 0 aromatic heterocycles. The highest BCUT2D eigenvalue weighted by Crippen LogP contribution is 2.26. The molecule has 116 valence electrons. The summed E-state index contributed by atoms with van der Waals surface area (Å²) >= 11 is 0. The number of para-hydroxylation sites is 1. The number of hydrogen-bond acceptors (Lipinski definition) is 4. The van der Waals surface area contributed by atoms with E-state index in [0.29, 0.717) is 29.2 Å². The minimum atomic E-state index is -0.192. The number of benzene rings is 2. The van der Waals surface area contributed by atoms with Crippen molar-refractivity contribution >= 4 is 5.91 Å². The third-order valence-electron chi connectivity index (χ3n) is 3.38. The van der Waals surface area contributed by atoms with Gasteiger partial charge in [0.05, 0.1) is 19.8 Å². The quantitative estimate of drug-likeness (QED) is 0.922.